The quantitative estimate of drug-likeness (QED) is 0.466. The van der Waals surface area contributed by atoms with E-state index < -0.39 is 11.6 Å². The Kier molecular flexibility index (Phi) is 7.06. The number of urea groups is 1. The number of ether oxygens (including phenoxy) is 1. The molecule has 0 spiro atoms. The number of amides is 4. The van der Waals surface area contributed by atoms with E-state index in [1.807, 2.05) is 72.8 Å². The second kappa shape index (κ2) is 10.6. The molecule has 0 aliphatic carbocycles. The molecule has 0 saturated carbocycles. The lowest BCUT2D eigenvalue weighted by Crippen LogP contribution is -2.56. The minimum atomic E-state index is -1.15. The summed E-state index contributed by atoms with van der Waals surface area (Å²) in [6.07, 6.45) is 2.29. The van der Waals surface area contributed by atoms with Crippen LogP contribution < -0.4 is 15.4 Å². The van der Waals surface area contributed by atoms with Crippen molar-refractivity contribution >= 4 is 17.8 Å². The van der Waals surface area contributed by atoms with Crippen molar-refractivity contribution in [1.82, 2.24) is 25.4 Å². The Morgan fingerprint density at radius 2 is 1.79 bits per heavy atom. The third kappa shape index (κ3) is 5.20. The van der Waals surface area contributed by atoms with Gasteiger partial charge in [0.2, 0.25) is 5.91 Å². The standard InChI is InChI=1S/C30H31N5O4/c1-30(2,28(37)32-17-15-21-11-7-8-16-31-21)35-19-24-25(27(35)36)26(33-29(38)34(24)3)20-10-9-14-23(18-20)39-22-12-5-4-6-13-22/h4-14,16,18,26H,15,17,19H2,1-3H3,(H,32,37)(H,33,38)/t26-/m1/s1. The fraction of sp³-hybridized carbons (Fsp3) is 0.267. The van der Waals surface area contributed by atoms with Gasteiger partial charge >= 0.3 is 6.03 Å². The molecule has 0 fully saturated rings. The second-order valence-corrected chi connectivity index (χ2v) is 10.1. The highest BCUT2D eigenvalue weighted by Gasteiger charge is 2.49. The zero-order valence-corrected chi connectivity index (χ0v) is 22.2. The van der Waals surface area contributed by atoms with Crippen molar-refractivity contribution in [3.8, 4) is 11.5 Å². The van der Waals surface area contributed by atoms with Gasteiger partial charge in [0, 0.05) is 31.9 Å². The molecule has 1 aromatic heterocycles. The highest BCUT2D eigenvalue weighted by molar-refractivity contribution is 6.04. The van der Waals surface area contributed by atoms with Crippen LogP contribution in [0.1, 0.15) is 31.1 Å². The summed E-state index contributed by atoms with van der Waals surface area (Å²) in [7, 11) is 1.63. The summed E-state index contributed by atoms with van der Waals surface area (Å²) in [5.41, 5.74) is 1.47. The van der Waals surface area contributed by atoms with Crippen LogP contribution >= 0.6 is 0 Å². The van der Waals surface area contributed by atoms with E-state index in [1.54, 1.807) is 27.1 Å². The van der Waals surface area contributed by atoms with Gasteiger partial charge in [0.15, 0.2) is 0 Å². The lowest BCUT2D eigenvalue weighted by Gasteiger charge is -2.34. The molecular weight excluding hydrogens is 494 g/mol. The summed E-state index contributed by atoms with van der Waals surface area (Å²) in [5, 5.41) is 5.89. The Bertz CT molecular complexity index is 1420. The van der Waals surface area contributed by atoms with Gasteiger partial charge in [-0.2, -0.15) is 0 Å². The number of likely N-dealkylation sites (N-methyl/N-ethyl adjacent to an activating group) is 1. The van der Waals surface area contributed by atoms with Gasteiger partial charge in [-0.05, 0) is 55.8 Å². The predicted octanol–water partition coefficient (Wildman–Crippen LogP) is 3.80. The van der Waals surface area contributed by atoms with Crippen LogP contribution in [0, 0.1) is 0 Å². The molecule has 2 N–H and O–H groups in total. The maximum absolute atomic E-state index is 13.9. The van der Waals surface area contributed by atoms with E-state index in [9.17, 15) is 14.4 Å². The molecule has 0 radical (unpaired) electrons. The van der Waals surface area contributed by atoms with Crippen LogP contribution in [0.15, 0.2) is 90.3 Å². The predicted molar refractivity (Wildman–Crippen MR) is 146 cm³/mol. The number of rotatable bonds is 8. The molecule has 0 bridgehead atoms. The molecular formula is C30H31N5O4. The van der Waals surface area contributed by atoms with Gasteiger partial charge in [0.05, 0.1) is 23.9 Å². The molecule has 200 valence electrons. The fourth-order valence-electron chi connectivity index (χ4n) is 4.84. The lowest BCUT2D eigenvalue weighted by atomic mass is 9.95. The summed E-state index contributed by atoms with van der Waals surface area (Å²) in [5.74, 6) is 0.703. The number of nitrogens with zero attached hydrogens (tertiary/aromatic N) is 3. The second-order valence-electron chi connectivity index (χ2n) is 10.1. The van der Waals surface area contributed by atoms with Gasteiger partial charge in [-0.3, -0.25) is 19.5 Å². The molecule has 5 rings (SSSR count). The maximum Gasteiger partial charge on any atom is 0.322 e. The smallest absolute Gasteiger partial charge is 0.322 e. The summed E-state index contributed by atoms with van der Waals surface area (Å²) in [4.78, 5) is 47.3. The molecule has 1 atom stereocenters. The maximum atomic E-state index is 13.9. The van der Waals surface area contributed by atoms with Gasteiger partial charge in [-0.25, -0.2) is 4.79 Å². The lowest BCUT2D eigenvalue weighted by molar-refractivity contribution is -0.141. The van der Waals surface area contributed by atoms with Crippen molar-refractivity contribution in [1.29, 1.82) is 0 Å². The Balaban J connectivity index is 1.35. The molecule has 39 heavy (non-hydrogen) atoms. The topological polar surface area (TPSA) is 104 Å². The van der Waals surface area contributed by atoms with E-state index in [4.69, 9.17) is 4.74 Å². The van der Waals surface area contributed by atoms with E-state index in [2.05, 4.69) is 15.6 Å². The number of para-hydroxylation sites is 1. The van der Waals surface area contributed by atoms with E-state index in [0.717, 1.165) is 5.69 Å². The Hall–Kier alpha value is -4.66. The first-order valence-corrected chi connectivity index (χ1v) is 12.9. The number of carbonyl (C=O) groups is 3. The largest absolute Gasteiger partial charge is 0.457 e. The van der Waals surface area contributed by atoms with Gasteiger partial charge in [-0.15, -0.1) is 0 Å². The molecule has 2 aliphatic rings. The number of benzene rings is 2. The molecule has 2 aliphatic heterocycles. The van der Waals surface area contributed by atoms with Gasteiger partial charge in [0.1, 0.15) is 17.0 Å². The number of hydrogen-bond acceptors (Lipinski definition) is 5. The summed E-state index contributed by atoms with van der Waals surface area (Å²) >= 11 is 0. The van der Waals surface area contributed by atoms with Gasteiger partial charge in [-0.1, -0.05) is 36.4 Å². The molecule has 3 aromatic rings. The first-order chi connectivity index (χ1) is 18.8. The monoisotopic (exact) mass is 525 g/mol. The number of pyridine rings is 1. The van der Waals surface area contributed by atoms with Crippen molar-refractivity contribution in [3.05, 3.63) is 102 Å². The van der Waals surface area contributed by atoms with E-state index >= 15 is 0 Å². The average molecular weight is 526 g/mol. The Morgan fingerprint density at radius 1 is 1.05 bits per heavy atom. The number of carbonyl (C=O) groups excluding carboxylic acids is 3. The average Bonchev–Trinajstić information content (AvgIpc) is 3.30. The van der Waals surface area contributed by atoms with E-state index in [-0.39, 0.29) is 24.4 Å². The zero-order valence-electron chi connectivity index (χ0n) is 22.2. The Labute approximate surface area is 227 Å². The van der Waals surface area contributed by atoms with E-state index in [0.29, 0.717) is 41.3 Å². The van der Waals surface area contributed by atoms with Crippen LogP contribution in [0.2, 0.25) is 0 Å². The molecule has 4 amide bonds. The van der Waals surface area contributed by atoms with Crippen molar-refractivity contribution in [2.24, 2.45) is 0 Å². The molecule has 9 heteroatoms. The number of hydrogen-bond donors (Lipinski definition) is 2. The third-order valence-electron chi connectivity index (χ3n) is 7.15. The molecule has 9 nitrogen and oxygen atoms in total. The van der Waals surface area contributed by atoms with Crippen LogP contribution in [0.25, 0.3) is 0 Å². The summed E-state index contributed by atoms with van der Waals surface area (Å²) in [6.45, 7) is 3.98. The number of nitrogens with one attached hydrogen (secondary N) is 2. The Morgan fingerprint density at radius 3 is 2.54 bits per heavy atom. The normalized spacial score (nSPS) is 17.2. The summed E-state index contributed by atoms with van der Waals surface area (Å²) in [6, 6.07) is 21.4. The van der Waals surface area contributed by atoms with Crippen molar-refractivity contribution in [2.75, 3.05) is 20.1 Å². The van der Waals surface area contributed by atoms with Crippen LogP contribution in [0.5, 0.6) is 11.5 Å². The minimum absolute atomic E-state index is 0.148. The van der Waals surface area contributed by atoms with Crippen LogP contribution in [-0.2, 0) is 16.0 Å². The van der Waals surface area contributed by atoms with Crippen molar-refractivity contribution < 1.29 is 19.1 Å². The fourth-order valence-corrected chi connectivity index (χ4v) is 4.84. The first-order valence-electron chi connectivity index (χ1n) is 12.9. The third-order valence-corrected chi connectivity index (χ3v) is 7.15. The van der Waals surface area contributed by atoms with Crippen molar-refractivity contribution in [3.63, 3.8) is 0 Å². The summed E-state index contributed by atoms with van der Waals surface area (Å²) < 4.78 is 5.98. The van der Waals surface area contributed by atoms with Gasteiger partial charge in [0.25, 0.3) is 5.91 Å². The SMILES string of the molecule is CN1C(=O)N[C@H](c2cccc(Oc3ccccc3)c2)C2=C1CN(C(C)(C)C(=O)NCCc1ccccn1)C2=O. The van der Waals surface area contributed by atoms with E-state index in [1.165, 1.54) is 9.80 Å². The van der Waals surface area contributed by atoms with Crippen molar-refractivity contribution in [2.45, 2.75) is 31.8 Å². The zero-order chi connectivity index (χ0) is 27.6. The molecule has 0 unspecified atom stereocenters. The minimum Gasteiger partial charge on any atom is -0.457 e. The first kappa shape index (κ1) is 26.0. The number of aromatic nitrogens is 1. The van der Waals surface area contributed by atoms with Crippen LogP contribution in [0.3, 0.4) is 0 Å². The molecule has 3 heterocycles. The van der Waals surface area contributed by atoms with Crippen LogP contribution in [0.4, 0.5) is 4.79 Å². The molecule has 0 saturated heterocycles. The highest BCUT2D eigenvalue weighted by atomic mass is 16.5. The van der Waals surface area contributed by atoms with Gasteiger partial charge < -0.3 is 20.3 Å². The van der Waals surface area contributed by atoms with Crippen LogP contribution in [-0.4, -0.2) is 58.3 Å². The highest BCUT2D eigenvalue weighted by Crippen LogP contribution is 2.39. The molecule has 2 aromatic carbocycles.